The van der Waals surface area contributed by atoms with Crippen LogP contribution in [0.15, 0.2) is 0 Å². The molecule has 2 aliphatic rings. The summed E-state index contributed by atoms with van der Waals surface area (Å²) in [6.07, 6.45) is 4.70. The molecule has 1 heterocycles. The second-order valence-corrected chi connectivity index (χ2v) is 5.62. The van der Waals surface area contributed by atoms with Crippen molar-refractivity contribution in [2.24, 2.45) is 10.8 Å². The normalized spacial score (nSPS) is 42.1. The molecule has 1 aliphatic heterocycles. The number of rotatable bonds is 1. The summed E-state index contributed by atoms with van der Waals surface area (Å²) < 4.78 is 0. The molecule has 2 heteroatoms. The summed E-state index contributed by atoms with van der Waals surface area (Å²) >= 11 is 0. The summed E-state index contributed by atoms with van der Waals surface area (Å²) in [4.78, 5) is 12.8. The second-order valence-electron chi connectivity index (χ2n) is 5.62. The summed E-state index contributed by atoms with van der Waals surface area (Å²) in [5, 5.41) is 0. The largest absolute Gasteiger partial charge is 0.342 e. The predicted octanol–water partition coefficient (Wildman–Crippen LogP) is 2.04. The van der Waals surface area contributed by atoms with Gasteiger partial charge in [-0.2, -0.15) is 0 Å². The SMILES string of the molecule is CC1(C)CCC2CC1(C)CN2C=O. The van der Waals surface area contributed by atoms with Crippen LogP contribution in [0.2, 0.25) is 0 Å². The highest BCUT2D eigenvalue weighted by atomic mass is 16.1. The van der Waals surface area contributed by atoms with E-state index in [0.29, 0.717) is 16.9 Å². The van der Waals surface area contributed by atoms with Gasteiger partial charge in [0, 0.05) is 12.6 Å². The Morgan fingerprint density at radius 1 is 1.38 bits per heavy atom. The summed E-state index contributed by atoms with van der Waals surface area (Å²) in [6.45, 7) is 7.99. The van der Waals surface area contributed by atoms with Crippen molar-refractivity contribution in [3.63, 3.8) is 0 Å². The van der Waals surface area contributed by atoms with Crippen LogP contribution in [0.3, 0.4) is 0 Å². The Labute approximate surface area is 80.3 Å². The number of carbonyl (C=O) groups is 1. The molecule has 2 nitrogen and oxygen atoms in total. The van der Waals surface area contributed by atoms with E-state index in [1.807, 2.05) is 4.90 Å². The van der Waals surface area contributed by atoms with E-state index < -0.39 is 0 Å². The standard InChI is InChI=1S/C11H19NO/c1-10(2)5-4-9-6-11(10,3)7-12(9)8-13/h8-9H,4-7H2,1-3H3. The van der Waals surface area contributed by atoms with Crippen molar-refractivity contribution in [3.8, 4) is 0 Å². The maximum atomic E-state index is 10.8. The van der Waals surface area contributed by atoms with Gasteiger partial charge in [0.05, 0.1) is 0 Å². The molecule has 2 fully saturated rings. The number of carbonyl (C=O) groups excluding carboxylic acids is 1. The van der Waals surface area contributed by atoms with Crippen LogP contribution in [0.4, 0.5) is 0 Å². The summed E-state index contributed by atoms with van der Waals surface area (Å²) in [5.41, 5.74) is 0.762. The van der Waals surface area contributed by atoms with Gasteiger partial charge in [-0.25, -0.2) is 0 Å². The number of fused-ring (bicyclic) bond motifs is 2. The van der Waals surface area contributed by atoms with E-state index >= 15 is 0 Å². The molecule has 2 atom stereocenters. The molecule has 2 unspecified atom stereocenters. The zero-order valence-electron chi connectivity index (χ0n) is 8.84. The monoisotopic (exact) mass is 181 g/mol. The Morgan fingerprint density at radius 2 is 2.08 bits per heavy atom. The van der Waals surface area contributed by atoms with Gasteiger partial charge in [-0.05, 0) is 30.1 Å². The molecule has 2 rings (SSSR count). The van der Waals surface area contributed by atoms with Gasteiger partial charge in [-0.3, -0.25) is 4.79 Å². The molecule has 0 aromatic rings. The Kier molecular flexibility index (Phi) is 1.73. The fourth-order valence-electron chi connectivity index (χ4n) is 2.94. The first-order chi connectivity index (χ1) is 5.98. The average molecular weight is 181 g/mol. The van der Waals surface area contributed by atoms with Gasteiger partial charge in [-0.1, -0.05) is 20.8 Å². The minimum atomic E-state index is 0.358. The average Bonchev–Trinajstić information content (AvgIpc) is 2.36. The van der Waals surface area contributed by atoms with Gasteiger partial charge >= 0.3 is 0 Å². The van der Waals surface area contributed by atoms with E-state index in [1.165, 1.54) is 19.3 Å². The molecule has 13 heavy (non-hydrogen) atoms. The second kappa shape index (κ2) is 2.49. The van der Waals surface area contributed by atoms with Crippen LogP contribution < -0.4 is 0 Å². The molecule has 0 radical (unpaired) electrons. The van der Waals surface area contributed by atoms with Crippen molar-refractivity contribution in [3.05, 3.63) is 0 Å². The molecule has 1 saturated carbocycles. The molecule has 0 N–H and O–H groups in total. The minimum Gasteiger partial charge on any atom is -0.342 e. The zero-order chi connectivity index (χ0) is 9.69. The lowest BCUT2D eigenvalue weighted by Gasteiger charge is -2.44. The minimum absolute atomic E-state index is 0.358. The van der Waals surface area contributed by atoms with E-state index in [4.69, 9.17) is 0 Å². The molecule has 0 aromatic carbocycles. The fourth-order valence-corrected chi connectivity index (χ4v) is 2.94. The number of amides is 1. The predicted molar refractivity (Wildman–Crippen MR) is 52.3 cm³/mol. The lowest BCUT2D eigenvalue weighted by atomic mass is 9.60. The molecular formula is C11H19NO. The highest BCUT2D eigenvalue weighted by Gasteiger charge is 2.52. The molecule has 0 aromatic heterocycles. The van der Waals surface area contributed by atoms with Crippen LogP contribution in [0, 0.1) is 10.8 Å². The highest BCUT2D eigenvalue weighted by molar-refractivity contribution is 5.49. The van der Waals surface area contributed by atoms with Gasteiger partial charge in [0.2, 0.25) is 6.41 Å². The summed E-state index contributed by atoms with van der Waals surface area (Å²) in [5.74, 6) is 0. The quantitative estimate of drug-likeness (QED) is 0.567. The van der Waals surface area contributed by atoms with Crippen molar-refractivity contribution in [1.82, 2.24) is 4.90 Å². The maximum Gasteiger partial charge on any atom is 0.209 e. The van der Waals surface area contributed by atoms with E-state index in [1.54, 1.807) is 0 Å². The molecule has 1 aliphatic carbocycles. The van der Waals surface area contributed by atoms with Crippen molar-refractivity contribution in [2.45, 2.75) is 46.1 Å². The van der Waals surface area contributed by atoms with Crippen LogP contribution in [0.1, 0.15) is 40.0 Å². The lowest BCUT2D eigenvalue weighted by molar-refractivity contribution is -0.119. The Balaban J connectivity index is 2.27. The summed E-state index contributed by atoms with van der Waals surface area (Å²) in [7, 11) is 0. The molecule has 74 valence electrons. The first-order valence-corrected chi connectivity index (χ1v) is 5.20. The van der Waals surface area contributed by atoms with Gasteiger partial charge < -0.3 is 4.90 Å². The Morgan fingerprint density at radius 3 is 2.62 bits per heavy atom. The van der Waals surface area contributed by atoms with Gasteiger partial charge in [-0.15, -0.1) is 0 Å². The van der Waals surface area contributed by atoms with E-state index in [2.05, 4.69) is 20.8 Å². The first-order valence-electron chi connectivity index (χ1n) is 5.20. The number of hydrogen-bond acceptors (Lipinski definition) is 1. The number of nitrogens with zero attached hydrogens (tertiary/aromatic N) is 1. The first kappa shape index (κ1) is 9.04. The highest BCUT2D eigenvalue weighted by Crippen LogP contribution is 2.55. The molecule has 0 spiro atoms. The number of likely N-dealkylation sites (tertiary alicyclic amines) is 1. The van der Waals surface area contributed by atoms with Crippen molar-refractivity contribution < 1.29 is 4.79 Å². The van der Waals surface area contributed by atoms with E-state index in [0.717, 1.165) is 13.0 Å². The Bertz CT molecular complexity index is 236. The van der Waals surface area contributed by atoms with Crippen molar-refractivity contribution >= 4 is 6.41 Å². The maximum absolute atomic E-state index is 10.8. The zero-order valence-corrected chi connectivity index (χ0v) is 8.84. The van der Waals surface area contributed by atoms with Crippen LogP contribution in [-0.4, -0.2) is 23.9 Å². The van der Waals surface area contributed by atoms with Crippen LogP contribution in [0.5, 0.6) is 0 Å². The summed E-state index contributed by atoms with van der Waals surface area (Å²) in [6, 6.07) is 0.538. The van der Waals surface area contributed by atoms with E-state index in [-0.39, 0.29) is 0 Å². The van der Waals surface area contributed by atoms with Crippen LogP contribution >= 0.6 is 0 Å². The van der Waals surface area contributed by atoms with Crippen molar-refractivity contribution in [2.75, 3.05) is 6.54 Å². The molecule has 1 amide bonds. The third-order valence-electron chi connectivity index (χ3n) is 4.56. The van der Waals surface area contributed by atoms with E-state index in [9.17, 15) is 4.79 Å². The fraction of sp³-hybridized carbons (Fsp3) is 0.909. The van der Waals surface area contributed by atoms with Gasteiger partial charge in [0.25, 0.3) is 0 Å². The topological polar surface area (TPSA) is 20.3 Å². The molecule has 2 bridgehead atoms. The molecular weight excluding hydrogens is 162 g/mol. The number of hydrogen-bond donors (Lipinski definition) is 0. The van der Waals surface area contributed by atoms with Gasteiger partial charge in [0.1, 0.15) is 0 Å². The molecule has 1 saturated heterocycles. The third-order valence-corrected chi connectivity index (χ3v) is 4.56. The lowest BCUT2D eigenvalue weighted by Crippen LogP contribution is -2.38. The van der Waals surface area contributed by atoms with Crippen LogP contribution in [-0.2, 0) is 4.79 Å². The third kappa shape index (κ3) is 1.11. The smallest absolute Gasteiger partial charge is 0.209 e. The Hall–Kier alpha value is -0.530. The van der Waals surface area contributed by atoms with Crippen molar-refractivity contribution in [1.29, 1.82) is 0 Å². The van der Waals surface area contributed by atoms with Crippen LogP contribution in [0.25, 0.3) is 0 Å². The van der Waals surface area contributed by atoms with Gasteiger partial charge in [0.15, 0.2) is 0 Å².